The molecule has 5 heteroatoms. The molecule has 0 spiro atoms. The number of hydrogen-bond donors (Lipinski definition) is 1. The van der Waals surface area contributed by atoms with Crippen LogP contribution in [0.4, 0.5) is 5.00 Å². The lowest BCUT2D eigenvalue weighted by molar-refractivity contribution is 0.401. The van der Waals surface area contributed by atoms with Crippen LogP contribution in [-0.4, -0.2) is 18.0 Å². The van der Waals surface area contributed by atoms with E-state index in [-0.39, 0.29) is 0 Å². The van der Waals surface area contributed by atoms with Gasteiger partial charge >= 0.3 is 0 Å². The molecule has 0 aliphatic rings. The van der Waals surface area contributed by atoms with Gasteiger partial charge in [-0.1, -0.05) is 13.3 Å². The maximum Gasteiger partial charge on any atom is 0.245 e. The molecule has 76 valence electrons. The Morgan fingerprint density at radius 2 is 2.43 bits per heavy atom. The van der Waals surface area contributed by atoms with Crippen molar-refractivity contribution in [2.45, 2.75) is 19.8 Å². The normalized spacial score (nSPS) is 9.50. The Morgan fingerprint density at radius 1 is 1.64 bits per heavy atom. The molecule has 0 aliphatic carbocycles. The fourth-order valence-corrected chi connectivity index (χ4v) is 1.74. The van der Waals surface area contributed by atoms with Gasteiger partial charge in [-0.05, 0) is 18.0 Å². The van der Waals surface area contributed by atoms with Gasteiger partial charge in [-0.2, -0.15) is 9.64 Å². The average Bonchev–Trinajstić information content (AvgIpc) is 2.60. The SMILES string of the molecule is CCCCNc1snc(OC)c1C#N. The Labute approximate surface area is 87.7 Å². The molecule has 0 bridgehead atoms. The number of hydrogen-bond acceptors (Lipinski definition) is 5. The Morgan fingerprint density at radius 3 is 3.00 bits per heavy atom. The molecule has 0 radical (unpaired) electrons. The van der Waals surface area contributed by atoms with Gasteiger partial charge in [0.05, 0.1) is 7.11 Å². The lowest BCUT2D eigenvalue weighted by Crippen LogP contribution is -2.00. The van der Waals surface area contributed by atoms with Crippen LogP contribution in [0.15, 0.2) is 0 Å². The van der Waals surface area contributed by atoms with Crippen LogP contribution < -0.4 is 10.1 Å². The van der Waals surface area contributed by atoms with Gasteiger partial charge < -0.3 is 10.1 Å². The van der Waals surface area contributed by atoms with Crippen molar-refractivity contribution >= 4 is 16.5 Å². The van der Waals surface area contributed by atoms with Crippen LogP contribution >= 0.6 is 11.5 Å². The van der Waals surface area contributed by atoms with Gasteiger partial charge in [0.15, 0.2) is 0 Å². The van der Waals surface area contributed by atoms with Crippen molar-refractivity contribution in [2.75, 3.05) is 19.0 Å². The monoisotopic (exact) mass is 211 g/mol. The number of rotatable bonds is 5. The number of ether oxygens (including phenoxy) is 1. The van der Waals surface area contributed by atoms with Gasteiger partial charge in [-0.25, -0.2) is 0 Å². The van der Waals surface area contributed by atoms with Gasteiger partial charge in [0.25, 0.3) is 0 Å². The molecule has 14 heavy (non-hydrogen) atoms. The summed E-state index contributed by atoms with van der Waals surface area (Å²) in [5, 5.41) is 12.8. The fraction of sp³-hybridized carbons (Fsp3) is 0.556. The molecule has 1 aromatic heterocycles. The van der Waals surface area contributed by atoms with Crippen LogP contribution in [0.25, 0.3) is 0 Å². The molecule has 1 N–H and O–H groups in total. The summed E-state index contributed by atoms with van der Waals surface area (Å²) in [4.78, 5) is 0. The maximum absolute atomic E-state index is 8.87. The molecule has 0 saturated heterocycles. The molecule has 1 heterocycles. The lowest BCUT2D eigenvalue weighted by Gasteiger charge is -2.01. The molecule has 0 aliphatic heterocycles. The van der Waals surface area contributed by atoms with E-state index in [0.29, 0.717) is 11.4 Å². The summed E-state index contributed by atoms with van der Waals surface area (Å²) in [6.07, 6.45) is 2.22. The van der Waals surface area contributed by atoms with Gasteiger partial charge in [-0.15, -0.1) is 0 Å². The Bertz CT molecular complexity index is 329. The largest absolute Gasteiger partial charge is 0.479 e. The molecular weight excluding hydrogens is 198 g/mol. The van der Waals surface area contributed by atoms with Crippen molar-refractivity contribution in [1.29, 1.82) is 5.26 Å². The van der Waals surface area contributed by atoms with Crippen molar-refractivity contribution in [2.24, 2.45) is 0 Å². The highest BCUT2D eigenvalue weighted by molar-refractivity contribution is 7.10. The summed E-state index contributed by atoms with van der Waals surface area (Å²) in [5.41, 5.74) is 0.508. The Kier molecular flexibility index (Phi) is 4.20. The van der Waals surface area contributed by atoms with Crippen LogP contribution in [0.3, 0.4) is 0 Å². The third kappa shape index (κ3) is 2.36. The number of anilines is 1. The van der Waals surface area contributed by atoms with Crippen molar-refractivity contribution in [3.05, 3.63) is 5.56 Å². The van der Waals surface area contributed by atoms with Crippen molar-refractivity contribution in [3.8, 4) is 11.9 Å². The summed E-state index contributed by atoms with van der Waals surface area (Å²) in [5.74, 6) is 0.413. The number of aromatic nitrogens is 1. The topological polar surface area (TPSA) is 57.9 Å². The van der Waals surface area contributed by atoms with E-state index < -0.39 is 0 Å². The van der Waals surface area contributed by atoms with Crippen LogP contribution in [-0.2, 0) is 0 Å². The van der Waals surface area contributed by atoms with Crippen molar-refractivity contribution < 1.29 is 4.74 Å². The smallest absolute Gasteiger partial charge is 0.245 e. The number of nitrogens with zero attached hydrogens (tertiary/aromatic N) is 2. The molecule has 0 aromatic carbocycles. The second kappa shape index (κ2) is 5.45. The molecule has 0 amide bonds. The maximum atomic E-state index is 8.87. The second-order valence-corrected chi connectivity index (χ2v) is 3.56. The summed E-state index contributed by atoms with van der Waals surface area (Å²) in [6, 6.07) is 2.08. The van der Waals surface area contributed by atoms with E-state index in [9.17, 15) is 0 Å². The van der Waals surface area contributed by atoms with Gasteiger partial charge in [0.2, 0.25) is 5.88 Å². The molecule has 1 rings (SSSR count). The summed E-state index contributed by atoms with van der Waals surface area (Å²) in [6.45, 7) is 3.00. The van der Waals surface area contributed by atoms with Crippen LogP contribution in [0.5, 0.6) is 5.88 Å². The van der Waals surface area contributed by atoms with E-state index in [0.717, 1.165) is 24.4 Å². The van der Waals surface area contributed by atoms with Crippen molar-refractivity contribution in [1.82, 2.24) is 4.37 Å². The first-order chi connectivity index (χ1) is 6.83. The first-order valence-electron chi connectivity index (χ1n) is 4.51. The van der Waals surface area contributed by atoms with E-state index in [1.807, 2.05) is 0 Å². The van der Waals surface area contributed by atoms with Crippen molar-refractivity contribution in [3.63, 3.8) is 0 Å². The molecular formula is C9H13N3OS. The Hall–Kier alpha value is -1.28. The zero-order chi connectivity index (χ0) is 10.4. The van der Waals surface area contributed by atoms with Gasteiger partial charge in [-0.3, -0.25) is 0 Å². The third-order valence-corrected chi connectivity index (χ3v) is 2.57. The highest BCUT2D eigenvalue weighted by Gasteiger charge is 2.12. The number of nitriles is 1. The predicted molar refractivity (Wildman–Crippen MR) is 56.8 cm³/mol. The van der Waals surface area contributed by atoms with E-state index in [4.69, 9.17) is 10.00 Å². The van der Waals surface area contributed by atoms with Gasteiger partial charge in [0, 0.05) is 6.54 Å². The highest BCUT2D eigenvalue weighted by atomic mass is 32.1. The minimum atomic E-state index is 0.413. The van der Waals surface area contributed by atoms with E-state index in [2.05, 4.69) is 22.7 Å². The number of methoxy groups -OCH3 is 1. The average molecular weight is 211 g/mol. The molecule has 1 aromatic rings. The molecule has 0 atom stereocenters. The second-order valence-electron chi connectivity index (χ2n) is 2.79. The van der Waals surface area contributed by atoms with Crippen LogP contribution in [0.1, 0.15) is 25.3 Å². The quantitative estimate of drug-likeness (QED) is 0.759. The summed E-state index contributed by atoms with van der Waals surface area (Å²) < 4.78 is 8.98. The minimum Gasteiger partial charge on any atom is -0.479 e. The first-order valence-corrected chi connectivity index (χ1v) is 5.28. The molecule has 0 unspecified atom stereocenters. The summed E-state index contributed by atoms with van der Waals surface area (Å²) >= 11 is 1.27. The molecule has 0 fully saturated rings. The number of nitrogens with one attached hydrogen (secondary N) is 1. The van der Waals surface area contributed by atoms with E-state index in [1.54, 1.807) is 0 Å². The van der Waals surface area contributed by atoms with Gasteiger partial charge in [0.1, 0.15) is 16.6 Å². The first kappa shape index (κ1) is 10.8. The summed E-state index contributed by atoms with van der Waals surface area (Å²) in [7, 11) is 1.52. The lowest BCUT2D eigenvalue weighted by atomic mass is 10.3. The van der Waals surface area contributed by atoms with E-state index in [1.165, 1.54) is 18.6 Å². The molecule has 0 saturated carbocycles. The predicted octanol–water partition coefficient (Wildman–Crippen LogP) is 2.24. The van der Waals surface area contributed by atoms with Crippen LogP contribution in [0.2, 0.25) is 0 Å². The highest BCUT2D eigenvalue weighted by Crippen LogP contribution is 2.29. The third-order valence-electron chi connectivity index (χ3n) is 1.78. The fourth-order valence-electron chi connectivity index (χ4n) is 1.01. The van der Waals surface area contributed by atoms with E-state index >= 15 is 0 Å². The standard InChI is InChI=1S/C9H13N3OS/c1-3-4-5-11-9-7(6-10)8(13-2)12-14-9/h11H,3-5H2,1-2H3. The zero-order valence-corrected chi connectivity index (χ0v) is 9.15. The minimum absolute atomic E-state index is 0.413. The zero-order valence-electron chi connectivity index (χ0n) is 8.33. The van der Waals surface area contributed by atoms with Crippen LogP contribution in [0, 0.1) is 11.3 Å². The number of unbranched alkanes of at least 4 members (excludes halogenated alkanes) is 1. The Balaban J connectivity index is 2.68. The molecule has 4 nitrogen and oxygen atoms in total.